The molecule has 0 aromatic carbocycles. The van der Waals surface area contributed by atoms with Gasteiger partial charge in [0.15, 0.2) is 5.96 Å². The number of hydrogen-bond acceptors (Lipinski definition) is 3. The third kappa shape index (κ3) is 8.50. The summed E-state index contributed by atoms with van der Waals surface area (Å²) in [6.07, 6.45) is 3.42. The maximum atomic E-state index is 5.51. The number of guanidine groups is 1. The smallest absolute Gasteiger partial charge is 0.191 e. The van der Waals surface area contributed by atoms with E-state index < -0.39 is 0 Å². The van der Waals surface area contributed by atoms with Crippen LogP contribution in [0.3, 0.4) is 0 Å². The number of aliphatic imine (C=N–C) groups is 1. The molecule has 4 nitrogen and oxygen atoms in total. The molecule has 1 saturated heterocycles. The number of thioether (sulfide) groups is 1. The predicted octanol–water partition coefficient (Wildman–Crippen LogP) is 3.12. The van der Waals surface area contributed by atoms with Gasteiger partial charge in [0.2, 0.25) is 0 Å². The third-order valence-corrected chi connectivity index (χ3v) is 5.12. The summed E-state index contributed by atoms with van der Waals surface area (Å²) in [4.78, 5) is 4.31. The van der Waals surface area contributed by atoms with Crippen LogP contribution in [0.25, 0.3) is 0 Å². The second-order valence-corrected chi connectivity index (χ2v) is 7.50. The molecule has 126 valence electrons. The highest BCUT2D eigenvalue weighted by Crippen LogP contribution is 2.34. The van der Waals surface area contributed by atoms with Crippen molar-refractivity contribution >= 4 is 41.7 Å². The normalized spacial score (nSPS) is 18.2. The van der Waals surface area contributed by atoms with Crippen molar-refractivity contribution < 1.29 is 4.74 Å². The minimum absolute atomic E-state index is 0. The van der Waals surface area contributed by atoms with Crippen molar-refractivity contribution in [1.82, 2.24) is 10.6 Å². The van der Waals surface area contributed by atoms with Crippen LogP contribution in [0.2, 0.25) is 0 Å². The first kappa shape index (κ1) is 21.3. The second kappa shape index (κ2) is 11.8. The number of nitrogens with one attached hydrogen (secondary N) is 2. The lowest BCUT2D eigenvalue weighted by atomic mass is 9.99. The molecule has 0 aromatic rings. The average molecular weight is 429 g/mol. The lowest BCUT2D eigenvalue weighted by molar-refractivity contribution is 0.0782. The van der Waals surface area contributed by atoms with Crippen molar-refractivity contribution in [2.24, 2.45) is 10.9 Å². The van der Waals surface area contributed by atoms with E-state index >= 15 is 0 Å². The molecule has 0 bridgehead atoms. The molecular weight excluding hydrogens is 397 g/mol. The fourth-order valence-corrected chi connectivity index (χ4v) is 3.61. The fraction of sp³-hybridized carbons (Fsp3) is 0.933. The van der Waals surface area contributed by atoms with Gasteiger partial charge < -0.3 is 15.4 Å². The Morgan fingerprint density at radius 3 is 2.48 bits per heavy atom. The van der Waals surface area contributed by atoms with E-state index in [4.69, 9.17) is 4.74 Å². The summed E-state index contributed by atoms with van der Waals surface area (Å²) in [6, 6.07) is 0. The maximum absolute atomic E-state index is 5.51. The zero-order chi connectivity index (χ0) is 14.8. The Balaban J connectivity index is 0.00000400. The van der Waals surface area contributed by atoms with Gasteiger partial charge in [-0.3, -0.25) is 4.99 Å². The molecule has 1 aliphatic rings. The van der Waals surface area contributed by atoms with E-state index in [0.29, 0.717) is 4.75 Å². The summed E-state index contributed by atoms with van der Waals surface area (Å²) in [7, 11) is 1.84. The Labute approximate surface area is 151 Å². The van der Waals surface area contributed by atoms with Crippen molar-refractivity contribution in [2.75, 3.05) is 39.1 Å². The average Bonchev–Trinajstić information content (AvgIpc) is 2.43. The van der Waals surface area contributed by atoms with Crippen LogP contribution in [0.15, 0.2) is 4.99 Å². The van der Waals surface area contributed by atoms with Crippen LogP contribution < -0.4 is 10.6 Å². The summed E-state index contributed by atoms with van der Waals surface area (Å²) >= 11 is 2.06. The largest absolute Gasteiger partial charge is 0.381 e. The van der Waals surface area contributed by atoms with E-state index in [0.717, 1.165) is 56.8 Å². The highest BCUT2D eigenvalue weighted by atomic mass is 127. The molecule has 0 saturated carbocycles. The molecule has 0 aliphatic carbocycles. The van der Waals surface area contributed by atoms with Crippen LogP contribution in [0.5, 0.6) is 0 Å². The molecule has 1 fully saturated rings. The van der Waals surface area contributed by atoms with E-state index in [1.807, 2.05) is 7.05 Å². The predicted molar refractivity (Wildman–Crippen MR) is 105 cm³/mol. The van der Waals surface area contributed by atoms with Gasteiger partial charge in [0.25, 0.3) is 0 Å². The Morgan fingerprint density at radius 1 is 1.29 bits per heavy atom. The molecule has 0 spiro atoms. The van der Waals surface area contributed by atoms with E-state index in [9.17, 15) is 0 Å². The Morgan fingerprint density at radius 2 is 1.95 bits per heavy atom. The molecule has 0 amide bonds. The van der Waals surface area contributed by atoms with Crippen molar-refractivity contribution in [3.8, 4) is 0 Å². The Hall–Kier alpha value is 0.310. The van der Waals surface area contributed by atoms with Gasteiger partial charge in [-0.1, -0.05) is 20.8 Å². The van der Waals surface area contributed by atoms with Gasteiger partial charge in [-0.2, -0.15) is 11.8 Å². The molecule has 0 unspecified atom stereocenters. The molecule has 2 N–H and O–H groups in total. The SMILES string of the molecule is CCSC1(CNC(=NC)NCCC(C)C)CCOCC1.I. The lowest BCUT2D eigenvalue weighted by Gasteiger charge is -2.37. The minimum Gasteiger partial charge on any atom is -0.381 e. The molecule has 0 aromatic heterocycles. The number of nitrogens with zero attached hydrogens (tertiary/aromatic N) is 1. The monoisotopic (exact) mass is 429 g/mol. The van der Waals surface area contributed by atoms with E-state index in [1.165, 1.54) is 6.42 Å². The Bertz CT molecular complexity index is 289. The van der Waals surface area contributed by atoms with Gasteiger partial charge in [-0.05, 0) is 30.9 Å². The van der Waals surface area contributed by atoms with Crippen LogP contribution in [-0.2, 0) is 4.74 Å². The fourth-order valence-electron chi connectivity index (χ4n) is 2.37. The van der Waals surface area contributed by atoms with Gasteiger partial charge >= 0.3 is 0 Å². The number of halogens is 1. The maximum Gasteiger partial charge on any atom is 0.191 e. The quantitative estimate of drug-likeness (QED) is 0.371. The first-order valence-corrected chi connectivity index (χ1v) is 8.76. The number of hydrogen-bond donors (Lipinski definition) is 2. The van der Waals surface area contributed by atoms with Crippen LogP contribution in [0.4, 0.5) is 0 Å². The van der Waals surface area contributed by atoms with Crippen LogP contribution in [-0.4, -0.2) is 49.8 Å². The molecule has 0 radical (unpaired) electrons. The van der Waals surface area contributed by atoms with Crippen molar-refractivity contribution in [2.45, 2.75) is 44.8 Å². The molecule has 0 atom stereocenters. The summed E-state index contributed by atoms with van der Waals surface area (Å²) in [5.74, 6) is 2.80. The Kier molecular flexibility index (Phi) is 12.0. The molecule has 1 heterocycles. The van der Waals surface area contributed by atoms with Gasteiger partial charge in [0, 0.05) is 38.1 Å². The molecular formula is C15H32IN3OS. The van der Waals surface area contributed by atoms with E-state index in [1.54, 1.807) is 0 Å². The summed E-state index contributed by atoms with van der Waals surface area (Å²) in [6.45, 7) is 10.4. The molecule has 6 heteroatoms. The van der Waals surface area contributed by atoms with Crippen molar-refractivity contribution in [3.63, 3.8) is 0 Å². The van der Waals surface area contributed by atoms with Crippen LogP contribution >= 0.6 is 35.7 Å². The minimum atomic E-state index is 0. The van der Waals surface area contributed by atoms with Crippen LogP contribution in [0, 0.1) is 5.92 Å². The van der Waals surface area contributed by atoms with Crippen LogP contribution in [0.1, 0.15) is 40.0 Å². The number of ether oxygens (including phenoxy) is 1. The highest BCUT2D eigenvalue weighted by Gasteiger charge is 2.32. The standard InChI is InChI=1S/C15H31N3OS.HI/c1-5-20-15(7-10-19-11-8-15)12-18-14(16-4)17-9-6-13(2)3;/h13H,5-12H2,1-4H3,(H2,16,17,18);1H. The lowest BCUT2D eigenvalue weighted by Crippen LogP contribution is -2.48. The zero-order valence-corrected chi connectivity index (χ0v) is 17.1. The topological polar surface area (TPSA) is 45.7 Å². The van der Waals surface area contributed by atoms with Crippen molar-refractivity contribution in [1.29, 1.82) is 0 Å². The van der Waals surface area contributed by atoms with Gasteiger partial charge in [0.1, 0.15) is 0 Å². The summed E-state index contributed by atoms with van der Waals surface area (Å²) in [5, 5.41) is 6.90. The first-order chi connectivity index (χ1) is 9.62. The molecule has 21 heavy (non-hydrogen) atoms. The van der Waals surface area contributed by atoms with E-state index in [2.05, 4.69) is 48.2 Å². The molecule has 1 aliphatic heterocycles. The van der Waals surface area contributed by atoms with Gasteiger partial charge in [-0.15, -0.1) is 24.0 Å². The second-order valence-electron chi connectivity index (χ2n) is 5.76. The highest BCUT2D eigenvalue weighted by molar-refractivity contribution is 14.0. The van der Waals surface area contributed by atoms with Gasteiger partial charge in [0.05, 0.1) is 0 Å². The van der Waals surface area contributed by atoms with E-state index in [-0.39, 0.29) is 24.0 Å². The third-order valence-electron chi connectivity index (χ3n) is 3.67. The van der Waals surface area contributed by atoms with Crippen molar-refractivity contribution in [3.05, 3.63) is 0 Å². The first-order valence-electron chi connectivity index (χ1n) is 7.78. The number of rotatable bonds is 7. The zero-order valence-electron chi connectivity index (χ0n) is 13.9. The molecule has 1 rings (SSSR count). The van der Waals surface area contributed by atoms with Gasteiger partial charge in [-0.25, -0.2) is 0 Å². The summed E-state index contributed by atoms with van der Waals surface area (Å²) < 4.78 is 5.82. The summed E-state index contributed by atoms with van der Waals surface area (Å²) in [5.41, 5.74) is 0.